The summed E-state index contributed by atoms with van der Waals surface area (Å²) < 4.78 is 11.8. The molecular formula is C35H41NO4. The van der Waals surface area contributed by atoms with Crippen LogP contribution < -0.4 is 5.32 Å². The first-order valence-corrected chi connectivity index (χ1v) is 14.2. The first-order chi connectivity index (χ1) is 19.2. The van der Waals surface area contributed by atoms with Crippen molar-refractivity contribution in [3.05, 3.63) is 114 Å². The van der Waals surface area contributed by atoms with Crippen LogP contribution in [0.15, 0.2) is 97.1 Å². The van der Waals surface area contributed by atoms with E-state index in [0.717, 1.165) is 30.4 Å². The third kappa shape index (κ3) is 7.41. The van der Waals surface area contributed by atoms with Gasteiger partial charge in [-0.05, 0) is 53.9 Å². The van der Waals surface area contributed by atoms with Gasteiger partial charge in [-0.3, -0.25) is 0 Å². The zero-order valence-electron chi connectivity index (χ0n) is 24.0. The first-order valence-electron chi connectivity index (χ1n) is 14.2. The van der Waals surface area contributed by atoms with E-state index in [1.54, 1.807) is 13.0 Å². The number of carbonyl (C=O) groups excluding carboxylic acids is 2. The number of benzene rings is 3. The number of rotatable bonds is 9. The summed E-state index contributed by atoms with van der Waals surface area (Å²) in [5, 5.41) is 2.80. The Morgan fingerprint density at radius 2 is 1.48 bits per heavy atom. The maximum Gasteiger partial charge on any atom is 0.408 e. The Bertz CT molecular complexity index is 1270. The molecule has 5 heteroatoms. The van der Waals surface area contributed by atoms with Crippen molar-refractivity contribution in [1.82, 2.24) is 5.32 Å². The molecule has 0 aromatic heterocycles. The monoisotopic (exact) mass is 539 g/mol. The minimum atomic E-state index is -1.42. The smallest absolute Gasteiger partial charge is 0.408 e. The van der Waals surface area contributed by atoms with Gasteiger partial charge in [-0.25, -0.2) is 9.59 Å². The fraction of sp³-hybridized carbons (Fsp3) is 0.371. The summed E-state index contributed by atoms with van der Waals surface area (Å²) in [4.78, 5) is 26.9. The summed E-state index contributed by atoms with van der Waals surface area (Å²) in [5.41, 5.74) is 1.39. The van der Waals surface area contributed by atoms with Gasteiger partial charge in [0.05, 0.1) is 0 Å². The van der Waals surface area contributed by atoms with Crippen LogP contribution in [0, 0.1) is 11.8 Å². The van der Waals surface area contributed by atoms with Crippen LogP contribution in [0.3, 0.4) is 0 Å². The molecule has 3 aromatic rings. The number of carbonyl (C=O) groups is 2. The summed E-state index contributed by atoms with van der Waals surface area (Å²) in [6.45, 7) is 8.45. The molecule has 0 radical (unpaired) electrons. The van der Waals surface area contributed by atoms with Gasteiger partial charge in [0.1, 0.15) is 12.7 Å². The molecule has 4 rings (SSSR count). The summed E-state index contributed by atoms with van der Waals surface area (Å²) in [7, 11) is 0. The lowest BCUT2D eigenvalue weighted by molar-refractivity contribution is -0.161. The van der Waals surface area contributed by atoms with E-state index < -0.39 is 17.6 Å². The molecule has 40 heavy (non-hydrogen) atoms. The standard InChI is InChI=1S/C35H41NO4/c1-26-20-21-30(34(2,3)29-18-12-7-13-19-29)31(24-26)40-32(37)35(4,23-22-27-14-8-5-9-15-27)36-33(38)39-25-28-16-10-6-11-17-28/h5-19,22-23,26,30-31H,20-21,24-25H2,1-4H3,(H,36,38)/b23-22+/t26-,30-,31-,35-/m1/s1. The summed E-state index contributed by atoms with van der Waals surface area (Å²) >= 11 is 0. The largest absolute Gasteiger partial charge is 0.460 e. The second kappa shape index (κ2) is 13.0. The molecule has 1 amide bonds. The summed E-state index contributed by atoms with van der Waals surface area (Å²) in [6, 6.07) is 29.5. The average molecular weight is 540 g/mol. The highest BCUT2D eigenvalue weighted by atomic mass is 16.6. The van der Waals surface area contributed by atoms with Gasteiger partial charge in [-0.2, -0.15) is 0 Å². The van der Waals surface area contributed by atoms with Crippen LogP contribution in [0.25, 0.3) is 6.08 Å². The molecule has 0 unspecified atom stereocenters. The van der Waals surface area contributed by atoms with Crippen LogP contribution in [-0.2, 0) is 26.3 Å². The van der Waals surface area contributed by atoms with Crippen LogP contribution in [0.1, 0.15) is 63.6 Å². The number of amides is 1. The van der Waals surface area contributed by atoms with E-state index in [1.165, 1.54) is 5.56 Å². The first kappa shape index (κ1) is 29.1. The highest BCUT2D eigenvalue weighted by Crippen LogP contribution is 2.44. The molecule has 1 aliphatic carbocycles. The predicted molar refractivity (Wildman–Crippen MR) is 159 cm³/mol. The quantitative estimate of drug-likeness (QED) is 0.283. The molecule has 210 valence electrons. The lowest BCUT2D eigenvalue weighted by Gasteiger charge is -2.44. The van der Waals surface area contributed by atoms with Crippen molar-refractivity contribution in [3.8, 4) is 0 Å². The highest BCUT2D eigenvalue weighted by Gasteiger charge is 2.44. The third-order valence-corrected chi connectivity index (χ3v) is 8.16. The number of hydrogen-bond acceptors (Lipinski definition) is 4. The van der Waals surface area contributed by atoms with E-state index in [1.807, 2.05) is 72.8 Å². The van der Waals surface area contributed by atoms with Crippen molar-refractivity contribution in [3.63, 3.8) is 0 Å². The molecule has 0 aliphatic heterocycles. The topological polar surface area (TPSA) is 64.6 Å². The number of nitrogens with one attached hydrogen (secondary N) is 1. The molecule has 1 N–H and O–H groups in total. The minimum absolute atomic E-state index is 0.105. The van der Waals surface area contributed by atoms with Crippen LogP contribution in [0.4, 0.5) is 4.79 Å². The predicted octanol–water partition coefficient (Wildman–Crippen LogP) is 7.71. The van der Waals surface area contributed by atoms with Crippen LogP contribution >= 0.6 is 0 Å². The number of alkyl carbamates (subject to hydrolysis) is 1. The summed E-state index contributed by atoms with van der Waals surface area (Å²) in [6.07, 6.45) is 5.39. The number of hydrogen-bond donors (Lipinski definition) is 1. The van der Waals surface area contributed by atoms with Crippen LogP contribution in [0.5, 0.6) is 0 Å². The maximum atomic E-state index is 13.9. The normalized spacial score (nSPS) is 20.9. The number of esters is 1. The molecule has 0 bridgehead atoms. The van der Waals surface area contributed by atoms with E-state index in [4.69, 9.17) is 9.47 Å². The fourth-order valence-corrected chi connectivity index (χ4v) is 5.59. The van der Waals surface area contributed by atoms with Crippen LogP contribution in [-0.4, -0.2) is 23.7 Å². The summed E-state index contributed by atoms with van der Waals surface area (Å²) in [5.74, 6) is 0.0854. The van der Waals surface area contributed by atoms with E-state index in [-0.39, 0.29) is 24.0 Å². The Labute approximate surface area is 238 Å². The van der Waals surface area contributed by atoms with E-state index in [0.29, 0.717) is 5.92 Å². The Kier molecular flexibility index (Phi) is 9.46. The lowest BCUT2D eigenvalue weighted by atomic mass is 9.64. The van der Waals surface area contributed by atoms with Gasteiger partial charge in [-0.1, -0.05) is 124 Å². The van der Waals surface area contributed by atoms with Gasteiger partial charge in [0.15, 0.2) is 5.54 Å². The van der Waals surface area contributed by atoms with Crippen molar-refractivity contribution in [2.45, 2.75) is 70.6 Å². The molecule has 1 fully saturated rings. The Morgan fingerprint density at radius 1 is 0.875 bits per heavy atom. The van der Waals surface area contributed by atoms with Gasteiger partial charge >= 0.3 is 12.1 Å². The minimum Gasteiger partial charge on any atom is -0.460 e. The fourth-order valence-electron chi connectivity index (χ4n) is 5.59. The molecule has 1 aliphatic rings. The molecule has 1 saturated carbocycles. The SMILES string of the molecule is C[C@@H]1CC[C@@H](C(C)(C)c2ccccc2)[C@H](OC(=O)[C@@](C)(/C=C/c2ccccc2)NC(=O)OCc2ccccc2)C1. The van der Waals surface area contributed by atoms with E-state index >= 15 is 0 Å². The van der Waals surface area contributed by atoms with Gasteiger partial charge in [0, 0.05) is 5.92 Å². The molecule has 0 saturated heterocycles. The van der Waals surface area contributed by atoms with E-state index in [2.05, 4.69) is 50.4 Å². The average Bonchev–Trinajstić information content (AvgIpc) is 2.96. The van der Waals surface area contributed by atoms with Gasteiger partial charge in [0.2, 0.25) is 0 Å². The molecule has 0 spiro atoms. The van der Waals surface area contributed by atoms with Crippen LogP contribution in [0.2, 0.25) is 0 Å². The third-order valence-electron chi connectivity index (χ3n) is 8.16. The molecular weight excluding hydrogens is 498 g/mol. The van der Waals surface area contributed by atoms with Crippen molar-refractivity contribution >= 4 is 18.1 Å². The van der Waals surface area contributed by atoms with Crippen molar-refractivity contribution in [1.29, 1.82) is 0 Å². The van der Waals surface area contributed by atoms with Gasteiger partial charge in [0.25, 0.3) is 0 Å². The zero-order valence-corrected chi connectivity index (χ0v) is 24.0. The maximum absolute atomic E-state index is 13.9. The Hall–Kier alpha value is -3.86. The van der Waals surface area contributed by atoms with Gasteiger partial charge < -0.3 is 14.8 Å². The van der Waals surface area contributed by atoms with Crippen molar-refractivity contribution < 1.29 is 19.1 Å². The van der Waals surface area contributed by atoms with E-state index in [9.17, 15) is 9.59 Å². The zero-order chi connectivity index (χ0) is 28.6. The molecule has 5 nitrogen and oxygen atoms in total. The van der Waals surface area contributed by atoms with Crippen molar-refractivity contribution in [2.24, 2.45) is 11.8 Å². The second-order valence-electron chi connectivity index (χ2n) is 11.7. The van der Waals surface area contributed by atoms with Gasteiger partial charge in [-0.15, -0.1) is 0 Å². The molecule has 4 atom stereocenters. The highest BCUT2D eigenvalue weighted by molar-refractivity contribution is 5.89. The van der Waals surface area contributed by atoms with Crippen molar-refractivity contribution in [2.75, 3.05) is 0 Å². The Morgan fingerprint density at radius 3 is 2.12 bits per heavy atom. The molecule has 0 heterocycles. The molecule has 3 aromatic carbocycles. The lowest BCUT2D eigenvalue weighted by Crippen LogP contribution is -2.54. The second-order valence-corrected chi connectivity index (χ2v) is 11.7. The Balaban J connectivity index is 1.56. The number of ether oxygens (including phenoxy) is 2.